The Morgan fingerprint density at radius 2 is 2.33 bits per heavy atom. The number of benzene rings is 1. The predicted molar refractivity (Wildman–Crippen MR) is 65.6 cm³/mol. The van der Waals surface area contributed by atoms with Gasteiger partial charge in [-0.25, -0.2) is 4.39 Å². The van der Waals surface area contributed by atoms with Crippen LogP contribution in [-0.4, -0.2) is 16.1 Å². The number of carbonyl (C=O) groups excluding carboxylic acids is 1. The third-order valence-electron chi connectivity index (χ3n) is 2.66. The van der Waals surface area contributed by atoms with Gasteiger partial charge in [0.05, 0.1) is 12.2 Å². The molecule has 6 heteroatoms. The van der Waals surface area contributed by atoms with E-state index in [1.54, 1.807) is 19.2 Å². The fourth-order valence-electron chi connectivity index (χ4n) is 1.58. The van der Waals surface area contributed by atoms with Crippen LogP contribution in [0.15, 0.2) is 24.4 Å². The molecule has 0 saturated heterocycles. The zero-order valence-corrected chi connectivity index (χ0v) is 9.83. The predicted octanol–water partition coefficient (Wildman–Crippen LogP) is 1.57. The van der Waals surface area contributed by atoms with Gasteiger partial charge in [0.25, 0.3) is 0 Å². The van der Waals surface area contributed by atoms with Crippen LogP contribution in [0.3, 0.4) is 0 Å². The van der Waals surface area contributed by atoms with Gasteiger partial charge in [0.1, 0.15) is 5.82 Å². The summed E-state index contributed by atoms with van der Waals surface area (Å²) < 4.78 is 13.6. The molecule has 2 aromatic rings. The first-order chi connectivity index (χ1) is 8.58. The summed E-state index contributed by atoms with van der Waals surface area (Å²) in [5, 5.41) is 9.62. The third-order valence-corrected chi connectivity index (χ3v) is 2.66. The molecule has 1 aromatic carbocycles. The minimum Gasteiger partial charge on any atom is -0.379 e. The van der Waals surface area contributed by atoms with E-state index < -0.39 is 11.7 Å². The second kappa shape index (κ2) is 4.87. The quantitative estimate of drug-likeness (QED) is 0.767. The maximum absolute atomic E-state index is 13.6. The maximum Gasteiger partial charge on any atom is 0.248 e. The third kappa shape index (κ3) is 2.48. The van der Waals surface area contributed by atoms with Gasteiger partial charge in [0.15, 0.2) is 0 Å². The smallest absolute Gasteiger partial charge is 0.248 e. The summed E-state index contributed by atoms with van der Waals surface area (Å²) in [6.07, 6.45) is 1.63. The Labute approximate surface area is 103 Å². The Bertz CT molecular complexity index is 566. The van der Waals surface area contributed by atoms with Crippen LogP contribution >= 0.6 is 0 Å². The lowest BCUT2D eigenvalue weighted by Gasteiger charge is -2.10. The van der Waals surface area contributed by atoms with Gasteiger partial charge in [-0.05, 0) is 25.1 Å². The van der Waals surface area contributed by atoms with Crippen molar-refractivity contribution in [3.8, 4) is 0 Å². The second-order valence-electron chi connectivity index (χ2n) is 3.93. The molecule has 18 heavy (non-hydrogen) atoms. The highest BCUT2D eigenvalue weighted by molar-refractivity contribution is 5.94. The van der Waals surface area contributed by atoms with Crippen molar-refractivity contribution >= 4 is 11.6 Å². The Morgan fingerprint density at radius 3 is 2.94 bits per heavy atom. The molecule has 0 aliphatic carbocycles. The van der Waals surface area contributed by atoms with Crippen molar-refractivity contribution in [1.29, 1.82) is 0 Å². The molecule has 0 fully saturated rings. The fourth-order valence-corrected chi connectivity index (χ4v) is 1.58. The number of carbonyl (C=O) groups is 1. The number of aromatic amines is 1. The summed E-state index contributed by atoms with van der Waals surface area (Å²) in [6.45, 7) is 2.10. The molecule has 1 aromatic heterocycles. The van der Waals surface area contributed by atoms with Crippen LogP contribution in [0.25, 0.3) is 0 Å². The largest absolute Gasteiger partial charge is 0.379 e. The number of aromatic nitrogens is 2. The van der Waals surface area contributed by atoms with Crippen LogP contribution in [0, 0.1) is 12.7 Å². The average molecular weight is 248 g/mol. The fraction of sp³-hybridized carbons (Fsp3) is 0.167. The van der Waals surface area contributed by atoms with Crippen molar-refractivity contribution in [2.75, 3.05) is 5.32 Å². The van der Waals surface area contributed by atoms with Gasteiger partial charge in [-0.1, -0.05) is 0 Å². The molecule has 0 spiro atoms. The monoisotopic (exact) mass is 248 g/mol. The zero-order valence-electron chi connectivity index (χ0n) is 9.83. The number of hydrogen-bond donors (Lipinski definition) is 3. The Balaban J connectivity index is 2.23. The minimum atomic E-state index is -0.654. The molecule has 0 saturated carbocycles. The Hall–Kier alpha value is -2.37. The normalized spacial score (nSPS) is 10.3. The molecule has 94 valence electrons. The number of rotatable bonds is 4. The minimum absolute atomic E-state index is 0.144. The molecule has 0 atom stereocenters. The number of anilines is 1. The van der Waals surface area contributed by atoms with Crippen molar-refractivity contribution in [1.82, 2.24) is 10.2 Å². The van der Waals surface area contributed by atoms with E-state index in [9.17, 15) is 9.18 Å². The van der Waals surface area contributed by atoms with Gasteiger partial charge in [-0.15, -0.1) is 0 Å². The summed E-state index contributed by atoms with van der Waals surface area (Å²) in [5.74, 6) is -1.11. The number of nitrogens with one attached hydrogen (secondary N) is 2. The summed E-state index contributed by atoms with van der Waals surface area (Å²) in [6, 6.07) is 4.48. The Morgan fingerprint density at radius 1 is 1.56 bits per heavy atom. The van der Waals surface area contributed by atoms with Gasteiger partial charge in [0, 0.05) is 23.0 Å². The van der Waals surface area contributed by atoms with Crippen molar-refractivity contribution in [2.45, 2.75) is 13.5 Å². The van der Waals surface area contributed by atoms with E-state index in [2.05, 4.69) is 15.5 Å². The van der Waals surface area contributed by atoms with E-state index >= 15 is 0 Å². The number of H-pyrrole nitrogens is 1. The summed E-state index contributed by atoms with van der Waals surface area (Å²) >= 11 is 0. The molecule has 2 rings (SSSR count). The van der Waals surface area contributed by atoms with E-state index in [0.717, 1.165) is 11.8 Å². The number of amides is 1. The molecule has 4 N–H and O–H groups in total. The zero-order chi connectivity index (χ0) is 13.1. The average Bonchev–Trinajstić information content (AvgIpc) is 2.83. The number of hydrogen-bond acceptors (Lipinski definition) is 3. The van der Waals surface area contributed by atoms with Gasteiger partial charge in [-0.2, -0.15) is 5.10 Å². The number of nitrogens with zero attached hydrogens (tertiary/aromatic N) is 1. The first-order valence-electron chi connectivity index (χ1n) is 5.40. The lowest BCUT2D eigenvalue weighted by atomic mass is 10.1. The van der Waals surface area contributed by atoms with Crippen molar-refractivity contribution in [3.63, 3.8) is 0 Å². The van der Waals surface area contributed by atoms with Crippen molar-refractivity contribution < 1.29 is 9.18 Å². The first-order valence-corrected chi connectivity index (χ1v) is 5.40. The molecule has 0 unspecified atom stereocenters. The van der Waals surface area contributed by atoms with Gasteiger partial charge >= 0.3 is 0 Å². The van der Waals surface area contributed by atoms with Crippen LogP contribution in [0.2, 0.25) is 0 Å². The van der Waals surface area contributed by atoms with E-state index in [1.165, 1.54) is 6.07 Å². The molecule has 0 aliphatic heterocycles. The molecule has 1 amide bonds. The molecule has 1 heterocycles. The highest BCUT2D eigenvalue weighted by Gasteiger charge is 2.10. The second-order valence-corrected chi connectivity index (χ2v) is 3.93. The SMILES string of the molecule is Cc1c(F)cc(C(N)=O)cc1NCc1ccn[nH]1. The maximum atomic E-state index is 13.6. The molecule has 0 aliphatic rings. The topological polar surface area (TPSA) is 83.8 Å². The van der Waals surface area contributed by atoms with E-state index in [1.807, 2.05) is 0 Å². The lowest BCUT2D eigenvalue weighted by Crippen LogP contribution is -2.13. The van der Waals surface area contributed by atoms with Gasteiger partial charge in [0.2, 0.25) is 5.91 Å². The number of halogens is 1. The van der Waals surface area contributed by atoms with Crippen LogP contribution in [0.1, 0.15) is 21.6 Å². The van der Waals surface area contributed by atoms with E-state index in [0.29, 0.717) is 17.8 Å². The highest BCUT2D eigenvalue weighted by Crippen LogP contribution is 2.21. The van der Waals surface area contributed by atoms with Crippen LogP contribution < -0.4 is 11.1 Å². The Kier molecular flexibility index (Phi) is 3.27. The van der Waals surface area contributed by atoms with E-state index in [-0.39, 0.29) is 5.56 Å². The summed E-state index contributed by atoms with van der Waals surface area (Å²) in [4.78, 5) is 11.1. The van der Waals surface area contributed by atoms with E-state index in [4.69, 9.17) is 5.73 Å². The molecule has 0 bridgehead atoms. The van der Waals surface area contributed by atoms with Crippen LogP contribution in [-0.2, 0) is 6.54 Å². The summed E-state index contributed by atoms with van der Waals surface area (Å²) in [7, 11) is 0. The molecule has 5 nitrogen and oxygen atoms in total. The van der Waals surface area contributed by atoms with Gasteiger partial charge < -0.3 is 11.1 Å². The molecule has 0 radical (unpaired) electrons. The summed E-state index contributed by atoms with van der Waals surface area (Å²) in [5.41, 5.74) is 7.13. The molecular formula is C12H13FN4O. The highest BCUT2D eigenvalue weighted by atomic mass is 19.1. The first kappa shape index (κ1) is 12.1. The standard InChI is InChI=1S/C12H13FN4O/c1-7-10(13)4-8(12(14)18)5-11(7)15-6-9-2-3-16-17-9/h2-5,15H,6H2,1H3,(H2,14,18)(H,16,17). The number of primary amides is 1. The van der Waals surface area contributed by atoms with Gasteiger partial charge in [-0.3, -0.25) is 9.89 Å². The van der Waals surface area contributed by atoms with Crippen molar-refractivity contribution in [3.05, 3.63) is 47.0 Å². The van der Waals surface area contributed by atoms with Crippen molar-refractivity contribution in [2.24, 2.45) is 5.73 Å². The lowest BCUT2D eigenvalue weighted by molar-refractivity contribution is 0.1000. The number of nitrogens with two attached hydrogens (primary N) is 1. The van der Waals surface area contributed by atoms with Crippen LogP contribution in [0.5, 0.6) is 0 Å². The molecular weight excluding hydrogens is 235 g/mol. The van der Waals surface area contributed by atoms with Crippen LogP contribution in [0.4, 0.5) is 10.1 Å².